The fourth-order valence-electron chi connectivity index (χ4n) is 2.37. The Morgan fingerprint density at radius 1 is 1.30 bits per heavy atom. The smallest absolute Gasteiger partial charge is 0.243 e. The van der Waals surface area contributed by atoms with Crippen LogP contribution in [0.5, 0.6) is 0 Å². The second kappa shape index (κ2) is 7.51. The Morgan fingerprint density at radius 2 is 2.09 bits per heavy atom. The quantitative estimate of drug-likeness (QED) is 0.775. The second-order valence-corrected chi connectivity index (χ2v) is 6.99. The average molecular weight is 333 g/mol. The monoisotopic (exact) mass is 333 g/mol. The van der Waals surface area contributed by atoms with E-state index >= 15 is 0 Å². The molecule has 7 heteroatoms. The van der Waals surface area contributed by atoms with Gasteiger partial charge in [0.25, 0.3) is 0 Å². The number of hydrogen-bond acceptors (Lipinski definition) is 5. The SMILES string of the molecule is COCCN(CCC#N)S(=O)(=O)c1ccc(C)c2ncccc12. The third kappa shape index (κ3) is 3.67. The van der Waals surface area contributed by atoms with Crippen molar-refractivity contribution in [1.29, 1.82) is 5.26 Å². The number of nitriles is 1. The molecule has 0 unspecified atom stereocenters. The highest BCUT2D eigenvalue weighted by atomic mass is 32.2. The highest BCUT2D eigenvalue weighted by molar-refractivity contribution is 7.89. The first-order valence-corrected chi connectivity index (χ1v) is 8.66. The van der Waals surface area contributed by atoms with Gasteiger partial charge in [-0.15, -0.1) is 0 Å². The Kier molecular flexibility index (Phi) is 5.66. The number of benzene rings is 1. The van der Waals surface area contributed by atoms with Crippen LogP contribution >= 0.6 is 0 Å². The van der Waals surface area contributed by atoms with E-state index in [-0.39, 0.29) is 31.0 Å². The molecule has 0 aliphatic heterocycles. The minimum Gasteiger partial charge on any atom is -0.383 e. The maximum absolute atomic E-state index is 13.0. The van der Waals surface area contributed by atoms with Crippen molar-refractivity contribution in [3.63, 3.8) is 0 Å². The molecule has 2 rings (SSSR count). The summed E-state index contributed by atoms with van der Waals surface area (Å²) in [7, 11) is -2.21. The van der Waals surface area contributed by atoms with E-state index in [4.69, 9.17) is 10.00 Å². The Labute approximate surface area is 136 Å². The first-order valence-electron chi connectivity index (χ1n) is 7.22. The van der Waals surface area contributed by atoms with Gasteiger partial charge in [0.05, 0.1) is 23.1 Å². The molecular formula is C16H19N3O3S. The number of hydrogen-bond donors (Lipinski definition) is 0. The van der Waals surface area contributed by atoms with Gasteiger partial charge in [-0.25, -0.2) is 8.42 Å². The van der Waals surface area contributed by atoms with E-state index in [1.165, 1.54) is 11.4 Å². The predicted octanol–water partition coefficient (Wildman–Crippen LogP) is 2.09. The van der Waals surface area contributed by atoms with Crippen molar-refractivity contribution in [1.82, 2.24) is 9.29 Å². The van der Waals surface area contributed by atoms with Crippen molar-refractivity contribution < 1.29 is 13.2 Å². The molecule has 6 nitrogen and oxygen atoms in total. The van der Waals surface area contributed by atoms with Gasteiger partial charge in [-0.3, -0.25) is 4.98 Å². The number of pyridine rings is 1. The number of nitrogens with zero attached hydrogens (tertiary/aromatic N) is 3. The van der Waals surface area contributed by atoms with Crippen molar-refractivity contribution in [2.75, 3.05) is 26.8 Å². The maximum Gasteiger partial charge on any atom is 0.243 e. The fourth-order valence-corrected chi connectivity index (χ4v) is 3.98. The lowest BCUT2D eigenvalue weighted by atomic mass is 10.1. The number of aryl methyl sites for hydroxylation is 1. The molecule has 1 aromatic carbocycles. The van der Waals surface area contributed by atoms with Crippen LogP contribution < -0.4 is 0 Å². The average Bonchev–Trinajstić information content (AvgIpc) is 2.55. The molecule has 0 saturated heterocycles. The minimum absolute atomic E-state index is 0.130. The molecule has 0 amide bonds. The van der Waals surface area contributed by atoms with Crippen LogP contribution in [0.2, 0.25) is 0 Å². The summed E-state index contributed by atoms with van der Waals surface area (Å²) >= 11 is 0. The van der Waals surface area contributed by atoms with Crippen LogP contribution in [0.3, 0.4) is 0 Å². The molecule has 1 heterocycles. The highest BCUT2D eigenvalue weighted by Gasteiger charge is 2.26. The van der Waals surface area contributed by atoms with E-state index in [0.29, 0.717) is 10.9 Å². The van der Waals surface area contributed by atoms with Crippen LogP contribution in [0.4, 0.5) is 0 Å². The number of ether oxygens (including phenoxy) is 1. The zero-order valence-corrected chi connectivity index (χ0v) is 14.0. The zero-order valence-electron chi connectivity index (χ0n) is 13.2. The molecule has 0 saturated carbocycles. The lowest BCUT2D eigenvalue weighted by Crippen LogP contribution is -2.34. The third-order valence-corrected chi connectivity index (χ3v) is 5.52. The predicted molar refractivity (Wildman–Crippen MR) is 87.3 cm³/mol. The molecule has 0 spiro atoms. The second-order valence-electron chi connectivity index (χ2n) is 5.09. The molecule has 0 bridgehead atoms. The van der Waals surface area contributed by atoms with E-state index in [2.05, 4.69) is 4.98 Å². The minimum atomic E-state index is -3.73. The van der Waals surface area contributed by atoms with E-state index in [1.807, 2.05) is 13.0 Å². The summed E-state index contributed by atoms with van der Waals surface area (Å²) in [6.07, 6.45) is 1.77. The van der Waals surface area contributed by atoms with Gasteiger partial charge in [-0.05, 0) is 30.7 Å². The molecule has 0 fully saturated rings. The first-order chi connectivity index (χ1) is 11.0. The molecule has 0 radical (unpaired) electrons. The van der Waals surface area contributed by atoms with Crippen LogP contribution in [0.15, 0.2) is 35.4 Å². The van der Waals surface area contributed by atoms with Gasteiger partial charge in [-0.2, -0.15) is 9.57 Å². The van der Waals surface area contributed by atoms with Crippen molar-refractivity contribution in [2.24, 2.45) is 0 Å². The van der Waals surface area contributed by atoms with Gasteiger partial charge in [0.1, 0.15) is 0 Å². The van der Waals surface area contributed by atoms with Crippen molar-refractivity contribution in [3.05, 3.63) is 36.0 Å². The van der Waals surface area contributed by atoms with Crippen LogP contribution in [-0.4, -0.2) is 44.5 Å². The molecule has 122 valence electrons. The standard InChI is InChI=1S/C16H19N3O3S/c1-13-6-7-15(14-5-3-9-18-16(13)14)23(20,21)19(10-4-8-17)11-12-22-2/h3,5-7,9H,4,10-12H2,1-2H3. The number of sulfonamides is 1. The van der Waals surface area contributed by atoms with Gasteiger partial charge >= 0.3 is 0 Å². The Bertz CT molecular complexity index is 828. The van der Waals surface area contributed by atoms with Crippen molar-refractivity contribution in [2.45, 2.75) is 18.2 Å². The van der Waals surface area contributed by atoms with Gasteiger partial charge in [0.2, 0.25) is 10.0 Å². The Balaban J connectivity index is 2.53. The summed E-state index contributed by atoms with van der Waals surface area (Å²) in [6.45, 7) is 2.50. The largest absolute Gasteiger partial charge is 0.383 e. The van der Waals surface area contributed by atoms with E-state index in [9.17, 15) is 8.42 Å². The van der Waals surface area contributed by atoms with E-state index in [1.54, 1.807) is 30.5 Å². The molecule has 0 aliphatic carbocycles. The molecular weight excluding hydrogens is 314 g/mol. The zero-order chi connectivity index (χ0) is 16.9. The molecule has 1 aromatic heterocycles. The number of rotatable bonds is 7. The van der Waals surface area contributed by atoms with E-state index < -0.39 is 10.0 Å². The molecule has 0 atom stereocenters. The molecule has 2 aromatic rings. The summed E-state index contributed by atoms with van der Waals surface area (Å²) < 4.78 is 32.3. The highest BCUT2D eigenvalue weighted by Crippen LogP contribution is 2.26. The van der Waals surface area contributed by atoms with Gasteiger partial charge in [0.15, 0.2) is 0 Å². The fraction of sp³-hybridized carbons (Fsp3) is 0.375. The topological polar surface area (TPSA) is 83.3 Å². The lowest BCUT2D eigenvalue weighted by Gasteiger charge is -2.22. The summed E-state index contributed by atoms with van der Waals surface area (Å²) in [5, 5.41) is 9.36. The van der Waals surface area contributed by atoms with E-state index in [0.717, 1.165) is 5.56 Å². The number of aromatic nitrogens is 1. The van der Waals surface area contributed by atoms with Gasteiger partial charge in [-0.1, -0.05) is 6.07 Å². The van der Waals surface area contributed by atoms with Gasteiger partial charge in [0, 0.05) is 38.2 Å². The van der Waals surface area contributed by atoms with Gasteiger partial charge < -0.3 is 4.74 Å². The van der Waals surface area contributed by atoms with Crippen LogP contribution in [0.1, 0.15) is 12.0 Å². The van der Waals surface area contributed by atoms with Crippen LogP contribution in [-0.2, 0) is 14.8 Å². The number of methoxy groups -OCH3 is 1. The number of fused-ring (bicyclic) bond motifs is 1. The third-order valence-electron chi connectivity index (χ3n) is 3.57. The summed E-state index contributed by atoms with van der Waals surface area (Å²) in [4.78, 5) is 4.49. The Morgan fingerprint density at radius 3 is 2.78 bits per heavy atom. The molecule has 23 heavy (non-hydrogen) atoms. The summed E-state index contributed by atoms with van der Waals surface area (Å²) in [5.74, 6) is 0. The summed E-state index contributed by atoms with van der Waals surface area (Å²) in [6, 6.07) is 8.80. The normalized spacial score (nSPS) is 11.7. The first kappa shape index (κ1) is 17.3. The van der Waals surface area contributed by atoms with Crippen molar-refractivity contribution >= 4 is 20.9 Å². The Hall–Kier alpha value is -2.01. The lowest BCUT2D eigenvalue weighted by molar-refractivity contribution is 0.179. The van der Waals surface area contributed by atoms with Crippen molar-refractivity contribution in [3.8, 4) is 6.07 Å². The van der Waals surface area contributed by atoms with Crippen LogP contribution in [0, 0.1) is 18.3 Å². The summed E-state index contributed by atoms with van der Waals surface area (Å²) in [5.41, 5.74) is 1.58. The molecule has 0 aliphatic rings. The van der Waals surface area contributed by atoms with Crippen LogP contribution in [0.25, 0.3) is 10.9 Å². The maximum atomic E-state index is 13.0. The molecule has 0 N–H and O–H groups in total.